The monoisotopic (exact) mass is 223 g/mol. The molecule has 14 heavy (non-hydrogen) atoms. The first-order valence-electron chi connectivity index (χ1n) is 3.61. The molecule has 76 valence electrons. The zero-order valence-corrected chi connectivity index (χ0v) is 7.56. The van der Waals surface area contributed by atoms with Crippen LogP contribution in [0.25, 0.3) is 0 Å². The van der Waals surface area contributed by atoms with Crippen LogP contribution in [0.15, 0.2) is 23.4 Å². The molecule has 0 N–H and O–H groups in total. The molecule has 6 heteroatoms. The molecule has 0 bridgehead atoms. The van der Waals surface area contributed by atoms with E-state index < -0.39 is 12.6 Å². The standard InChI is InChI=1S/C8H5ClF3NO/c9-6-2-1-5(3-7(6)13-14)4-8(10,11)12/h1-3H,4H2. The first-order valence-corrected chi connectivity index (χ1v) is 3.99. The van der Waals surface area contributed by atoms with Crippen LogP contribution in [-0.4, -0.2) is 6.18 Å². The maximum absolute atomic E-state index is 11.9. The van der Waals surface area contributed by atoms with Crippen LogP contribution in [0.2, 0.25) is 5.02 Å². The van der Waals surface area contributed by atoms with Crippen LogP contribution in [-0.2, 0) is 6.42 Å². The summed E-state index contributed by atoms with van der Waals surface area (Å²) in [7, 11) is 0. The zero-order chi connectivity index (χ0) is 10.8. The molecule has 0 fully saturated rings. The van der Waals surface area contributed by atoms with E-state index in [1.165, 1.54) is 12.1 Å². The van der Waals surface area contributed by atoms with Gasteiger partial charge in [-0.15, -0.1) is 4.91 Å². The fourth-order valence-electron chi connectivity index (χ4n) is 0.970. The first-order chi connectivity index (χ1) is 6.42. The highest BCUT2D eigenvalue weighted by Crippen LogP contribution is 2.28. The van der Waals surface area contributed by atoms with Gasteiger partial charge in [0.05, 0.1) is 11.4 Å². The minimum absolute atomic E-state index is 0.0310. The molecule has 0 aliphatic heterocycles. The van der Waals surface area contributed by atoms with Gasteiger partial charge in [0, 0.05) is 0 Å². The lowest BCUT2D eigenvalue weighted by Gasteiger charge is -2.06. The minimum atomic E-state index is -4.30. The second-order valence-electron chi connectivity index (χ2n) is 2.67. The number of benzene rings is 1. The first kappa shape index (κ1) is 11.0. The van der Waals surface area contributed by atoms with Crippen molar-refractivity contribution in [3.8, 4) is 0 Å². The van der Waals surface area contributed by atoms with Crippen molar-refractivity contribution in [2.75, 3.05) is 0 Å². The van der Waals surface area contributed by atoms with Crippen LogP contribution < -0.4 is 0 Å². The van der Waals surface area contributed by atoms with E-state index in [1.54, 1.807) is 0 Å². The van der Waals surface area contributed by atoms with E-state index in [0.717, 1.165) is 6.07 Å². The Hall–Kier alpha value is -1.10. The van der Waals surface area contributed by atoms with Gasteiger partial charge in [-0.2, -0.15) is 13.2 Å². The SMILES string of the molecule is O=Nc1cc(CC(F)(F)F)ccc1Cl. The normalized spacial score (nSPS) is 11.4. The Kier molecular flexibility index (Phi) is 3.10. The van der Waals surface area contributed by atoms with E-state index in [0.29, 0.717) is 0 Å². The number of hydrogen-bond donors (Lipinski definition) is 0. The van der Waals surface area contributed by atoms with Crippen molar-refractivity contribution in [2.24, 2.45) is 5.18 Å². The number of alkyl halides is 3. The quantitative estimate of drug-likeness (QED) is 0.701. The molecule has 0 saturated carbocycles. The summed E-state index contributed by atoms with van der Waals surface area (Å²) in [6.45, 7) is 0. The Labute approximate surface area is 82.7 Å². The van der Waals surface area contributed by atoms with Gasteiger partial charge >= 0.3 is 6.18 Å². The van der Waals surface area contributed by atoms with Crippen molar-refractivity contribution in [3.63, 3.8) is 0 Å². The summed E-state index contributed by atoms with van der Waals surface area (Å²) >= 11 is 5.49. The van der Waals surface area contributed by atoms with Crippen LogP contribution in [0.5, 0.6) is 0 Å². The molecule has 1 aromatic rings. The molecule has 0 amide bonds. The van der Waals surface area contributed by atoms with Gasteiger partial charge in [-0.05, 0) is 22.9 Å². The number of halogens is 4. The molecule has 0 heterocycles. The van der Waals surface area contributed by atoms with Crippen LogP contribution in [0, 0.1) is 4.91 Å². The summed E-state index contributed by atoms with van der Waals surface area (Å²) in [5, 5.41) is 2.56. The molecular formula is C8H5ClF3NO. The van der Waals surface area contributed by atoms with Crippen LogP contribution in [0.4, 0.5) is 18.9 Å². The van der Waals surface area contributed by atoms with Gasteiger partial charge in [0.1, 0.15) is 5.69 Å². The van der Waals surface area contributed by atoms with Gasteiger partial charge in [-0.3, -0.25) is 0 Å². The van der Waals surface area contributed by atoms with Crippen LogP contribution in [0.3, 0.4) is 0 Å². The topological polar surface area (TPSA) is 29.4 Å². The molecule has 1 rings (SSSR count). The molecule has 2 nitrogen and oxygen atoms in total. The third-order valence-corrected chi connectivity index (χ3v) is 1.83. The number of rotatable bonds is 2. The van der Waals surface area contributed by atoms with Crippen molar-refractivity contribution in [1.29, 1.82) is 0 Å². The number of nitrogens with zero attached hydrogens (tertiary/aromatic N) is 1. The van der Waals surface area contributed by atoms with Gasteiger partial charge in [0.15, 0.2) is 0 Å². The lowest BCUT2D eigenvalue weighted by atomic mass is 10.1. The second kappa shape index (κ2) is 3.96. The van der Waals surface area contributed by atoms with E-state index in [2.05, 4.69) is 5.18 Å². The molecule has 0 saturated heterocycles. The predicted molar refractivity (Wildman–Crippen MR) is 46.7 cm³/mol. The van der Waals surface area contributed by atoms with E-state index in [9.17, 15) is 18.1 Å². The van der Waals surface area contributed by atoms with Crippen LogP contribution >= 0.6 is 11.6 Å². The molecule has 1 aromatic carbocycles. The Morgan fingerprint density at radius 3 is 2.50 bits per heavy atom. The number of hydrogen-bond acceptors (Lipinski definition) is 2. The average molecular weight is 224 g/mol. The lowest BCUT2D eigenvalue weighted by molar-refractivity contribution is -0.127. The summed E-state index contributed by atoms with van der Waals surface area (Å²) in [4.78, 5) is 10.1. The Bertz CT molecular complexity index is 351. The average Bonchev–Trinajstić information content (AvgIpc) is 2.06. The molecule has 0 aromatic heterocycles. The van der Waals surface area contributed by atoms with E-state index in [-0.39, 0.29) is 16.3 Å². The summed E-state index contributed by atoms with van der Waals surface area (Å²) in [5.41, 5.74) is -0.204. The molecule has 0 atom stereocenters. The highest BCUT2D eigenvalue weighted by Gasteiger charge is 2.27. The van der Waals surface area contributed by atoms with Crippen molar-refractivity contribution in [3.05, 3.63) is 33.7 Å². The smallest absolute Gasteiger partial charge is 0.171 e. The van der Waals surface area contributed by atoms with Crippen molar-refractivity contribution >= 4 is 17.3 Å². The lowest BCUT2D eigenvalue weighted by Crippen LogP contribution is -2.11. The molecule has 0 aliphatic rings. The largest absolute Gasteiger partial charge is 0.393 e. The summed E-state index contributed by atoms with van der Waals surface area (Å²) < 4.78 is 35.8. The number of nitroso groups, excluding NO2 is 1. The van der Waals surface area contributed by atoms with Gasteiger partial charge in [-0.1, -0.05) is 17.7 Å². The zero-order valence-electron chi connectivity index (χ0n) is 6.81. The van der Waals surface area contributed by atoms with Crippen LogP contribution in [0.1, 0.15) is 5.56 Å². The minimum Gasteiger partial charge on any atom is -0.171 e. The Morgan fingerprint density at radius 2 is 2.00 bits per heavy atom. The highest BCUT2D eigenvalue weighted by molar-refractivity contribution is 6.32. The van der Waals surface area contributed by atoms with E-state index >= 15 is 0 Å². The second-order valence-corrected chi connectivity index (χ2v) is 3.08. The summed E-state index contributed by atoms with van der Waals surface area (Å²) in [6, 6.07) is 3.46. The highest BCUT2D eigenvalue weighted by atomic mass is 35.5. The van der Waals surface area contributed by atoms with Crippen molar-refractivity contribution in [1.82, 2.24) is 0 Å². The summed E-state index contributed by atoms with van der Waals surface area (Å²) in [6.07, 6.45) is -5.39. The molecular weight excluding hydrogens is 219 g/mol. The van der Waals surface area contributed by atoms with Crippen molar-refractivity contribution in [2.45, 2.75) is 12.6 Å². The Balaban J connectivity index is 2.95. The predicted octanol–water partition coefficient (Wildman–Crippen LogP) is 3.84. The van der Waals surface area contributed by atoms with Gasteiger partial charge in [-0.25, -0.2) is 0 Å². The third-order valence-electron chi connectivity index (χ3n) is 1.51. The fraction of sp³-hybridized carbons (Fsp3) is 0.250. The van der Waals surface area contributed by atoms with E-state index in [1.807, 2.05) is 0 Å². The fourth-order valence-corrected chi connectivity index (χ4v) is 1.12. The van der Waals surface area contributed by atoms with Crippen molar-refractivity contribution < 1.29 is 13.2 Å². The van der Waals surface area contributed by atoms with Gasteiger partial charge in [0.2, 0.25) is 0 Å². The maximum atomic E-state index is 11.9. The third kappa shape index (κ3) is 2.99. The molecule has 0 spiro atoms. The molecule has 0 unspecified atom stereocenters. The van der Waals surface area contributed by atoms with Gasteiger partial charge in [0.25, 0.3) is 0 Å². The Morgan fingerprint density at radius 1 is 1.36 bits per heavy atom. The molecule has 0 aliphatic carbocycles. The van der Waals surface area contributed by atoms with Gasteiger partial charge < -0.3 is 0 Å². The molecule has 0 radical (unpaired) electrons. The van der Waals surface area contributed by atoms with E-state index in [4.69, 9.17) is 11.6 Å². The summed E-state index contributed by atoms with van der Waals surface area (Å²) in [5.74, 6) is 0. The maximum Gasteiger partial charge on any atom is 0.393 e.